The smallest absolute Gasteiger partial charge is 0.310 e. The van der Waals surface area contributed by atoms with Crippen LogP contribution in [0.4, 0.5) is 29.2 Å². The van der Waals surface area contributed by atoms with Crippen LogP contribution in [0.25, 0.3) is 0 Å². The highest BCUT2D eigenvalue weighted by Gasteiger charge is 2.41. The largest absolute Gasteiger partial charge is 0.433 e. The summed E-state index contributed by atoms with van der Waals surface area (Å²) in [5.74, 6) is -1.96. The van der Waals surface area contributed by atoms with Crippen LogP contribution >= 0.6 is 0 Å². The molecule has 8 nitrogen and oxygen atoms in total. The van der Waals surface area contributed by atoms with Crippen molar-refractivity contribution < 1.29 is 27.2 Å². The molecule has 2 heterocycles. The zero-order chi connectivity index (χ0) is 25.2. The second-order valence-corrected chi connectivity index (χ2v) is 8.40. The summed E-state index contributed by atoms with van der Waals surface area (Å²) in [5, 5.41) is 0.974. The van der Waals surface area contributed by atoms with Crippen molar-refractivity contribution in [2.24, 2.45) is 0 Å². The quantitative estimate of drug-likeness (QED) is 0.612. The number of carbonyl (C=O) groups excluding carboxylic acids is 2. The molecule has 1 unspecified atom stereocenters. The molecule has 0 radical (unpaired) electrons. The van der Waals surface area contributed by atoms with Gasteiger partial charge in [-0.05, 0) is 70.7 Å². The molecule has 2 aromatic rings. The molecule has 3 rings (SSSR count). The SMILES string of the molecule is Cc1cc(C(F)(F)F)nc(N2NC(=O)CC2C(=O)N(CCCN(C)C)c2ccc(F)c(C)c2)n1. The maximum absolute atomic E-state index is 13.8. The minimum absolute atomic E-state index is 0.0293. The second kappa shape index (κ2) is 9.92. The molecule has 1 saturated heterocycles. The number of nitrogens with one attached hydrogen (secondary N) is 1. The zero-order valence-electron chi connectivity index (χ0n) is 19.3. The summed E-state index contributed by atoms with van der Waals surface area (Å²) < 4.78 is 53.7. The van der Waals surface area contributed by atoms with Gasteiger partial charge in [-0.25, -0.2) is 19.4 Å². The maximum Gasteiger partial charge on any atom is 0.433 e. The summed E-state index contributed by atoms with van der Waals surface area (Å²) >= 11 is 0. The van der Waals surface area contributed by atoms with Crippen molar-refractivity contribution in [2.75, 3.05) is 37.1 Å². The average Bonchev–Trinajstić information content (AvgIpc) is 3.13. The first-order valence-corrected chi connectivity index (χ1v) is 10.6. The van der Waals surface area contributed by atoms with Crippen LogP contribution in [0.3, 0.4) is 0 Å². The topological polar surface area (TPSA) is 81.7 Å². The van der Waals surface area contributed by atoms with Gasteiger partial charge in [0, 0.05) is 17.9 Å². The number of nitrogens with zero attached hydrogens (tertiary/aromatic N) is 5. The van der Waals surface area contributed by atoms with Crippen molar-refractivity contribution in [3.8, 4) is 0 Å². The van der Waals surface area contributed by atoms with Gasteiger partial charge >= 0.3 is 6.18 Å². The van der Waals surface area contributed by atoms with Gasteiger partial charge in [0.1, 0.15) is 17.6 Å². The molecule has 0 spiro atoms. The number of aryl methyl sites for hydroxylation is 2. The van der Waals surface area contributed by atoms with Crippen LogP contribution in [-0.2, 0) is 15.8 Å². The molecule has 2 amide bonds. The highest BCUT2D eigenvalue weighted by atomic mass is 19.4. The number of aromatic nitrogens is 2. The van der Waals surface area contributed by atoms with E-state index in [1.807, 2.05) is 19.0 Å². The second-order valence-electron chi connectivity index (χ2n) is 8.40. The first-order chi connectivity index (χ1) is 15.9. The van der Waals surface area contributed by atoms with Crippen molar-refractivity contribution in [1.29, 1.82) is 0 Å². The third-order valence-electron chi connectivity index (χ3n) is 5.28. The lowest BCUT2D eigenvalue weighted by atomic mass is 10.1. The van der Waals surface area contributed by atoms with E-state index in [1.54, 1.807) is 6.92 Å². The number of anilines is 2. The van der Waals surface area contributed by atoms with Gasteiger partial charge in [-0.15, -0.1) is 0 Å². The Morgan fingerprint density at radius 1 is 1.18 bits per heavy atom. The predicted molar refractivity (Wildman–Crippen MR) is 117 cm³/mol. The number of hydrazine groups is 1. The van der Waals surface area contributed by atoms with Crippen LogP contribution in [0.1, 0.15) is 29.8 Å². The fourth-order valence-corrected chi connectivity index (χ4v) is 3.61. The number of carbonyl (C=O) groups is 2. The lowest BCUT2D eigenvalue weighted by molar-refractivity contribution is -0.141. The van der Waals surface area contributed by atoms with Gasteiger partial charge in [0.15, 0.2) is 0 Å². The van der Waals surface area contributed by atoms with E-state index in [1.165, 1.54) is 30.0 Å². The first kappa shape index (κ1) is 25.3. The van der Waals surface area contributed by atoms with Crippen molar-refractivity contribution in [1.82, 2.24) is 20.3 Å². The highest BCUT2D eigenvalue weighted by molar-refractivity contribution is 6.03. The van der Waals surface area contributed by atoms with E-state index in [2.05, 4.69) is 15.4 Å². The molecule has 1 aliphatic heterocycles. The van der Waals surface area contributed by atoms with Gasteiger partial charge in [0.05, 0.1) is 6.42 Å². The van der Waals surface area contributed by atoms with Gasteiger partial charge in [0.25, 0.3) is 5.91 Å². The summed E-state index contributed by atoms with van der Waals surface area (Å²) in [6, 6.07) is 3.82. The van der Waals surface area contributed by atoms with Crippen LogP contribution < -0.4 is 15.3 Å². The lowest BCUT2D eigenvalue weighted by Gasteiger charge is -2.30. The Balaban J connectivity index is 1.97. The monoisotopic (exact) mass is 482 g/mol. The number of rotatable bonds is 7. The molecule has 1 atom stereocenters. The van der Waals surface area contributed by atoms with Gasteiger partial charge < -0.3 is 9.80 Å². The van der Waals surface area contributed by atoms with E-state index in [-0.39, 0.29) is 18.7 Å². The van der Waals surface area contributed by atoms with Crippen LogP contribution in [0.5, 0.6) is 0 Å². The molecule has 0 aliphatic carbocycles. The number of hydrogen-bond donors (Lipinski definition) is 1. The summed E-state index contributed by atoms with van der Waals surface area (Å²) in [6.45, 7) is 3.84. The molecule has 1 aromatic carbocycles. The van der Waals surface area contributed by atoms with E-state index >= 15 is 0 Å². The van der Waals surface area contributed by atoms with E-state index in [0.717, 1.165) is 11.1 Å². The summed E-state index contributed by atoms with van der Waals surface area (Å²) in [4.78, 5) is 36.7. The molecule has 1 aromatic heterocycles. The maximum atomic E-state index is 13.8. The Hall–Kier alpha value is -3.28. The van der Waals surface area contributed by atoms with E-state index in [9.17, 15) is 27.2 Å². The van der Waals surface area contributed by atoms with E-state index in [4.69, 9.17) is 0 Å². The van der Waals surface area contributed by atoms with Crippen LogP contribution in [-0.4, -0.2) is 59.9 Å². The zero-order valence-corrected chi connectivity index (χ0v) is 19.3. The first-order valence-electron chi connectivity index (χ1n) is 10.6. The van der Waals surface area contributed by atoms with Crippen LogP contribution in [0, 0.1) is 19.7 Å². The number of hydrogen-bond acceptors (Lipinski definition) is 6. The van der Waals surface area contributed by atoms with Gasteiger partial charge in [-0.1, -0.05) is 0 Å². The fourth-order valence-electron chi connectivity index (χ4n) is 3.61. The molecule has 12 heteroatoms. The van der Waals surface area contributed by atoms with E-state index < -0.39 is 41.5 Å². The predicted octanol–water partition coefficient (Wildman–Crippen LogP) is 2.85. The molecule has 1 aliphatic rings. The minimum Gasteiger partial charge on any atom is -0.310 e. The molecule has 1 N–H and O–H groups in total. The van der Waals surface area contributed by atoms with Gasteiger partial charge in [-0.3, -0.25) is 15.0 Å². The Labute approximate surface area is 194 Å². The number of benzene rings is 1. The summed E-state index contributed by atoms with van der Waals surface area (Å²) in [6.07, 6.45) is -4.44. The van der Waals surface area contributed by atoms with Gasteiger partial charge in [-0.2, -0.15) is 13.2 Å². The molecule has 184 valence electrons. The van der Waals surface area contributed by atoms with Crippen molar-refractivity contribution in [3.63, 3.8) is 0 Å². The number of amides is 2. The molecular formula is C22H26F4N6O2. The van der Waals surface area contributed by atoms with Gasteiger partial charge in [0.2, 0.25) is 11.9 Å². The standard InChI is InChI=1S/C22H26F4N6O2/c1-13-10-15(6-7-16(13)23)31(9-5-8-30(3)4)20(34)17-12-19(33)29-32(17)21-27-14(2)11-18(28-21)22(24,25)26/h6-7,10-11,17H,5,8-9,12H2,1-4H3,(H,29,33). The Bertz CT molecular complexity index is 1080. The third-order valence-corrected chi connectivity index (χ3v) is 5.28. The molecule has 0 bridgehead atoms. The van der Waals surface area contributed by atoms with Crippen molar-refractivity contribution in [2.45, 2.75) is 38.9 Å². The van der Waals surface area contributed by atoms with Crippen LogP contribution in [0.15, 0.2) is 24.3 Å². The van der Waals surface area contributed by atoms with Crippen LogP contribution in [0.2, 0.25) is 0 Å². The minimum atomic E-state index is -4.73. The molecule has 0 saturated carbocycles. The Kier molecular flexibility index (Phi) is 7.39. The summed E-state index contributed by atoms with van der Waals surface area (Å²) in [5.41, 5.74) is 1.99. The van der Waals surface area contributed by atoms with Crippen molar-refractivity contribution >= 4 is 23.5 Å². The number of alkyl halides is 3. The summed E-state index contributed by atoms with van der Waals surface area (Å²) in [7, 11) is 3.76. The van der Waals surface area contributed by atoms with E-state index in [0.29, 0.717) is 24.2 Å². The fraction of sp³-hybridized carbons (Fsp3) is 0.455. The Morgan fingerprint density at radius 3 is 2.50 bits per heavy atom. The highest BCUT2D eigenvalue weighted by Crippen LogP contribution is 2.30. The lowest BCUT2D eigenvalue weighted by Crippen LogP contribution is -2.50. The number of halogens is 4. The average molecular weight is 482 g/mol. The normalized spacial score (nSPS) is 16.2. The molecular weight excluding hydrogens is 456 g/mol. The Morgan fingerprint density at radius 2 is 1.88 bits per heavy atom. The van der Waals surface area contributed by atoms with Crippen molar-refractivity contribution in [3.05, 3.63) is 47.0 Å². The molecule has 34 heavy (non-hydrogen) atoms. The third kappa shape index (κ3) is 5.79. The molecule has 1 fully saturated rings.